The molecule has 2 fully saturated rings. The molecule has 0 saturated carbocycles. The number of amides is 2. The molecule has 2 amide bonds. The highest BCUT2D eigenvalue weighted by Gasteiger charge is 2.54. The van der Waals surface area contributed by atoms with Crippen LogP contribution in [-0.4, -0.2) is 170 Å². The number of unbranched alkanes of at least 4 members (excludes halogenated alkanes) is 52. The van der Waals surface area contributed by atoms with Crippen molar-refractivity contribution in [1.82, 2.24) is 10.6 Å². The van der Waals surface area contributed by atoms with Crippen LogP contribution in [0.3, 0.4) is 0 Å². The molecule has 25 heteroatoms. The highest BCUT2D eigenvalue weighted by molar-refractivity contribution is 7.46. The van der Waals surface area contributed by atoms with Gasteiger partial charge in [0.1, 0.15) is 48.7 Å². The van der Waals surface area contributed by atoms with Gasteiger partial charge < -0.3 is 79.1 Å². The number of hydrogen-bond donors (Lipinski definition) is 9. The Morgan fingerprint density at radius 2 is 0.675 bits per heavy atom. The van der Waals surface area contributed by atoms with Gasteiger partial charge in [0.15, 0.2) is 24.8 Å². The highest BCUT2D eigenvalue weighted by atomic mass is 31.2. The Hall–Kier alpha value is -3.39. The highest BCUT2D eigenvalue weighted by Crippen LogP contribution is 2.43. The molecular formula is C101H191N2O22P. The lowest BCUT2D eigenvalue weighted by molar-refractivity contribution is -0.298. The summed E-state index contributed by atoms with van der Waals surface area (Å²) in [5.41, 5.74) is 0. The number of aliphatic hydroxyl groups is 5. The minimum Gasteiger partial charge on any atom is -0.462 e. The topological polar surface area (TPSA) is 359 Å². The van der Waals surface area contributed by atoms with Gasteiger partial charge in [-0.05, 0) is 57.3 Å². The zero-order valence-corrected chi connectivity index (χ0v) is 81.9. The van der Waals surface area contributed by atoms with Gasteiger partial charge in [-0.3, -0.25) is 33.3 Å². The van der Waals surface area contributed by atoms with E-state index in [0.717, 1.165) is 211 Å². The molecule has 9 unspecified atom stereocenters. The van der Waals surface area contributed by atoms with E-state index in [1.54, 1.807) is 0 Å². The van der Waals surface area contributed by atoms with Crippen molar-refractivity contribution in [2.45, 2.75) is 590 Å². The lowest BCUT2D eigenvalue weighted by atomic mass is 9.95. The molecule has 15 atom stereocenters. The van der Waals surface area contributed by atoms with Crippen LogP contribution in [0.4, 0.5) is 0 Å². The van der Waals surface area contributed by atoms with Crippen molar-refractivity contribution in [3.05, 3.63) is 0 Å². The first kappa shape index (κ1) is 119. The normalized spacial score (nSPS) is 20.3. The van der Waals surface area contributed by atoms with Gasteiger partial charge in [0.05, 0.1) is 51.1 Å². The summed E-state index contributed by atoms with van der Waals surface area (Å²) >= 11 is 0. The number of hydrogen-bond acceptors (Lipinski definition) is 20. The maximum atomic E-state index is 14.8. The number of esters is 4. The van der Waals surface area contributed by atoms with Gasteiger partial charge in [0, 0.05) is 12.8 Å². The summed E-state index contributed by atoms with van der Waals surface area (Å²) in [6.07, 6.45) is 45.1. The van der Waals surface area contributed by atoms with Crippen molar-refractivity contribution < 1.29 is 106 Å². The molecule has 0 spiro atoms. The predicted octanol–water partition coefficient (Wildman–Crippen LogP) is 23.1. The molecule has 2 aliphatic rings. The summed E-state index contributed by atoms with van der Waals surface area (Å²) < 4.78 is 61.6. The van der Waals surface area contributed by atoms with Crippen molar-refractivity contribution in [3.8, 4) is 0 Å². The Morgan fingerprint density at radius 1 is 0.349 bits per heavy atom. The fourth-order valence-electron chi connectivity index (χ4n) is 17.8. The van der Waals surface area contributed by atoms with Crippen LogP contribution in [0.25, 0.3) is 0 Å². The summed E-state index contributed by atoms with van der Waals surface area (Å²) in [6, 6.07) is -3.47. The Balaban J connectivity index is 2.64. The van der Waals surface area contributed by atoms with Crippen molar-refractivity contribution in [2.75, 3.05) is 13.2 Å². The third-order valence-electron chi connectivity index (χ3n) is 25.5. The Labute approximate surface area is 765 Å². The minimum absolute atomic E-state index is 0.114. The van der Waals surface area contributed by atoms with Crippen LogP contribution in [-0.2, 0) is 71.0 Å². The Morgan fingerprint density at radius 3 is 1.06 bits per heavy atom. The first-order chi connectivity index (χ1) is 61.0. The molecule has 2 saturated heterocycles. The molecule has 742 valence electrons. The predicted molar refractivity (Wildman–Crippen MR) is 502 cm³/mol. The summed E-state index contributed by atoms with van der Waals surface area (Å²) in [5.74, 6) is -3.72. The molecule has 0 aliphatic carbocycles. The molecule has 0 radical (unpaired) electrons. The molecular weight excluding hydrogens is 1620 g/mol. The van der Waals surface area contributed by atoms with Gasteiger partial charge in [-0.1, -0.05) is 414 Å². The molecule has 24 nitrogen and oxygen atoms in total. The summed E-state index contributed by atoms with van der Waals surface area (Å²) in [4.78, 5) is 107. The average Bonchev–Trinajstić information content (AvgIpc) is 0.778. The number of rotatable bonds is 88. The molecule has 9 N–H and O–H groups in total. The van der Waals surface area contributed by atoms with E-state index < -0.39 is 162 Å². The maximum Gasteiger partial charge on any atom is 0.470 e. The van der Waals surface area contributed by atoms with Crippen LogP contribution in [0.2, 0.25) is 0 Å². The van der Waals surface area contributed by atoms with Crippen molar-refractivity contribution >= 4 is 43.5 Å². The molecule has 2 aliphatic heterocycles. The molecule has 0 aromatic carbocycles. The Bertz CT molecular complexity index is 2660. The largest absolute Gasteiger partial charge is 0.470 e. The second-order valence-corrected chi connectivity index (χ2v) is 38.9. The van der Waals surface area contributed by atoms with E-state index in [4.69, 9.17) is 37.7 Å². The van der Waals surface area contributed by atoms with Crippen LogP contribution < -0.4 is 10.6 Å². The first-order valence-corrected chi connectivity index (χ1v) is 53.9. The standard InChI is InChI=1S/C101H191N2O22P/c1-8-14-19-24-29-34-35-36-37-44-51-58-65-73-90(109)119-84(71-63-56-49-41-32-27-22-17-11-4)77-89(108)102-94-98(123-92(111)76-83(106)70-62-55-48-40-31-26-21-16-10-3)96(113)87(121-100(94)114)80-118-101-95(103-88(107)75-82(105)69-61-54-47-39-30-25-20-15-9-2)99(97(86(79-104)122-101)125-126(115,116)117)124-93(112)78-85(72-64-57-50-42-33-28-23-18-12-5)120-91(110)74-66-59-52-45-38-43-46-53-60-68-81(7)67-13-6/h81-87,94-101,104-106,113-114H,8-80H2,1-7H3,(H,102,108)(H,103,107)(H2,115,116,117)/t81?,82?,83?,84?,85?,86?,87?,94?,95?,96-,97-,98-,99-,100-,101-/m1/s1. The molecule has 2 rings (SSSR count). The van der Waals surface area contributed by atoms with Gasteiger partial charge in [-0.2, -0.15) is 0 Å². The van der Waals surface area contributed by atoms with Gasteiger partial charge >= 0.3 is 31.7 Å². The number of carbonyl (C=O) groups excluding carboxylic acids is 6. The minimum atomic E-state index is -5.60. The van der Waals surface area contributed by atoms with Crippen LogP contribution in [0.15, 0.2) is 0 Å². The van der Waals surface area contributed by atoms with Crippen molar-refractivity contribution in [3.63, 3.8) is 0 Å². The number of ether oxygens (including phenoxy) is 7. The average molecular weight is 1820 g/mol. The summed E-state index contributed by atoms with van der Waals surface area (Å²) in [7, 11) is -5.60. The Kier molecular flexibility index (Phi) is 75.4. The lowest BCUT2D eigenvalue weighted by Gasteiger charge is -2.46. The smallest absolute Gasteiger partial charge is 0.462 e. The quantitative estimate of drug-likeness (QED) is 0.0118. The van der Waals surface area contributed by atoms with E-state index in [0.29, 0.717) is 44.9 Å². The zero-order chi connectivity index (χ0) is 92.3. The van der Waals surface area contributed by atoms with E-state index in [2.05, 4.69) is 59.1 Å². The van der Waals surface area contributed by atoms with Crippen molar-refractivity contribution in [1.29, 1.82) is 0 Å². The van der Waals surface area contributed by atoms with Crippen molar-refractivity contribution in [2.24, 2.45) is 5.92 Å². The second-order valence-electron chi connectivity index (χ2n) is 37.7. The third kappa shape index (κ3) is 63.7. The SMILES string of the molecule is CCCCCCCCCCCCCCCC(=O)OC(CCCCCCCCCCC)CC(=O)NC1[C@H](O)OC(CO[C@@H]2OC(CO)[C@@H](OP(=O)(O)O)[C@H](OC(=O)CC(CCCCCCCCCCC)OC(=O)CCCCCCCCCCCC(C)CCC)C2NC(=O)CC(O)CCCCCCCCCCC)[C@@H](O)[C@@H]1OC(=O)CC(O)CCCCCCCCCCC. The number of phosphoric acid groups is 1. The number of carbonyl (C=O) groups is 6. The molecule has 0 aromatic rings. The zero-order valence-electron chi connectivity index (χ0n) is 81.0. The number of nitrogens with one attached hydrogen (secondary N) is 2. The van der Waals surface area contributed by atoms with Crippen LogP contribution in [0, 0.1) is 5.92 Å². The van der Waals surface area contributed by atoms with Gasteiger partial charge in [-0.25, -0.2) is 4.57 Å². The molecule has 0 bridgehead atoms. The first-order valence-electron chi connectivity index (χ1n) is 52.4. The van der Waals surface area contributed by atoms with Crippen LogP contribution in [0.1, 0.15) is 504 Å². The number of phosphoric ester groups is 1. The molecule has 0 aromatic heterocycles. The fraction of sp³-hybridized carbons (Fsp3) is 0.941. The monoisotopic (exact) mass is 1820 g/mol. The van der Waals surface area contributed by atoms with Gasteiger partial charge in [0.25, 0.3) is 0 Å². The lowest BCUT2D eigenvalue weighted by Crippen LogP contribution is -2.68. The van der Waals surface area contributed by atoms with E-state index in [-0.39, 0.29) is 38.5 Å². The van der Waals surface area contributed by atoms with E-state index >= 15 is 0 Å². The number of aliphatic hydroxyl groups excluding tert-OH is 5. The van der Waals surface area contributed by atoms with E-state index in [1.165, 1.54) is 148 Å². The molecule has 2 heterocycles. The second kappa shape index (κ2) is 80.1. The maximum absolute atomic E-state index is 14.8. The fourth-order valence-corrected chi connectivity index (χ4v) is 18.4. The van der Waals surface area contributed by atoms with Gasteiger partial charge in [-0.15, -0.1) is 0 Å². The summed E-state index contributed by atoms with van der Waals surface area (Å²) in [5, 5.41) is 64.0. The molecule has 126 heavy (non-hydrogen) atoms. The third-order valence-corrected chi connectivity index (χ3v) is 26.0. The summed E-state index contributed by atoms with van der Waals surface area (Å²) in [6.45, 7) is 13.7. The van der Waals surface area contributed by atoms with Crippen LogP contribution in [0.5, 0.6) is 0 Å². The van der Waals surface area contributed by atoms with Crippen LogP contribution >= 0.6 is 7.82 Å². The van der Waals surface area contributed by atoms with E-state index in [9.17, 15) is 68.7 Å². The van der Waals surface area contributed by atoms with E-state index in [1.807, 2.05) is 0 Å². The van der Waals surface area contributed by atoms with Gasteiger partial charge in [0.2, 0.25) is 11.8 Å².